The van der Waals surface area contributed by atoms with Crippen LogP contribution in [-0.4, -0.2) is 9.55 Å². The van der Waals surface area contributed by atoms with Crippen LogP contribution >= 0.6 is 0 Å². The van der Waals surface area contributed by atoms with E-state index in [1.165, 1.54) is 16.7 Å². The number of rotatable bonds is 3. The fourth-order valence-corrected chi connectivity index (χ4v) is 2.08. The van der Waals surface area contributed by atoms with Gasteiger partial charge in [-0.15, -0.1) is 0 Å². The molecular formula is C14H19N3. The number of aromatic nitrogens is 2. The predicted octanol–water partition coefficient (Wildman–Crippen LogP) is 2.28. The van der Waals surface area contributed by atoms with Gasteiger partial charge in [0.1, 0.15) is 5.82 Å². The zero-order valence-electron chi connectivity index (χ0n) is 10.6. The SMILES string of the molecule is Cc1cccc(C(N)Cc2nccn2C)c1C. The molecule has 0 radical (unpaired) electrons. The van der Waals surface area contributed by atoms with E-state index in [0.29, 0.717) is 0 Å². The van der Waals surface area contributed by atoms with Crippen LogP contribution < -0.4 is 5.73 Å². The Kier molecular flexibility index (Phi) is 3.29. The molecule has 3 heteroatoms. The van der Waals surface area contributed by atoms with Gasteiger partial charge in [-0.3, -0.25) is 0 Å². The second-order valence-corrected chi connectivity index (χ2v) is 4.55. The fraction of sp³-hybridized carbons (Fsp3) is 0.357. The van der Waals surface area contributed by atoms with Gasteiger partial charge < -0.3 is 10.3 Å². The smallest absolute Gasteiger partial charge is 0.110 e. The van der Waals surface area contributed by atoms with Crippen LogP contribution in [0, 0.1) is 13.8 Å². The van der Waals surface area contributed by atoms with E-state index in [2.05, 4.69) is 37.0 Å². The molecule has 1 atom stereocenters. The first kappa shape index (κ1) is 11.9. The molecule has 90 valence electrons. The lowest BCUT2D eigenvalue weighted by molar-refractivity contribution is 0.656. The van der Waals surface area contributed by atoms with Crippen molar-refractivity contribution >= 4 is 0 Å². The molecule has 1 aromatic carbocycles. The lowest BCUT2D eigenvalue weighted by Gasteiger charge is -2.16. The second kappa shape index (κ2) is 4.72. The molecule has 0 saturated carbocycles. The number of aryl methyl sites for hydroxylation is 2. The highest BCUT2D eigenvalue weighted by molar-refractivity contribution is 5.35. The van der Waals surface area contributed by atoms with Crippen LogP contribution in [0.4, 0.5) is 0 Å². The maximum atomic E-state index is 6.27. The number of hydrogen-bond acceptors (Lipinski definition) is 2. The normalized spacial score (nSPS) is 12.7. The first-order chi connectivity index (χ1) is 8.09. The van der Waals surface area contributed by atoms with Crippen LogP contribution in [0.15, 0.2) is 30.6 Å². The first-order valence-corrected chi connectivity index (χ1v) is 5.87. The number of benzene rings is 1. The van der Waals surface area contributed by atoms with Crippen LogP contribution in [0.25, 0.3) is 0 Å². The summed E-state index contributed by atoms with van der Waals surface area (Å²) in [6.07, 6.45) is 4.53. The zero-order valence-corrected chi connectivity index (χ0v) is 10.6. The summed E-state index contributed by atoms with van der Waals surface area (Å²) in [4.78, 5) is 4.32. The van der Waals surface area contributed by atoms with Crippen LogP contribution in [0.5, 0.6) is 0 Å². The molecule has 1 aromatic heterocycles. The van der Waals surface area contributed by atoms with E-state index >= 15 is 0 Å². The molecule has 0 spiro atoms. The van der Waals surface area contributed by atoms with Crippen molar-refractivity contribution in [1.29, 1.82) is 0 Å². The Balaban J connectivity index is 2.23. The van der Waals surface area contributed by atoms with Crippen molar-refractivity contribution in [2.24, 2.45) is 12.8 Å². The maximum absolute atomic E-state index is 6.27. The Morgan fingerprint density at radius 3 is 2.76 bits per heavy atom. The van der Waals surface area contributed by atoms with Crippen molar-refractivity contribution in [2.45, 2.75) is 26.3 Å². The van der Waals surface area contributed by atoms with Gasteiger partial charge in [0, 0.05) is 31.9 Å². The van der Waals surface area contributed by atoms with E-state index in [9.17, 15) is 0 Å². The highest BCUT2D eigenvalue weighted by Crippen LogP contribution is 2.21. The van der Waals surface area contributed by atoms with Crippen LogP contribution in [0.1, 0.15) is 28.6 Å². The zero-order chi connectivity index (χ0) is 12.4. The van der Waals surface area contributed by atoms with E-state index in [-0.39, 0.29) is 6.04 Å². The van der Waals surface area contributed by atoms with Crippen LogP contribution in [0.3, 0.4) is 0 Å². The van der Waals surface area contributed by atoms with E-state index < -0.39 is 0 Å². The summed E-state index contributed by atoms with van der Waals surface area (Å²) >= 11 is 0. The third-order valence-electron chi connectivity index (χ3n) is 3.37. The number of nitrogens with zero attached hydrogens (tertiary/aromatic N) is 2. The Bertz CT molecular complexity index is 514. The van der Waals surface area contributed by atoms with Crippen molar-refractivity contribution < 1.29 is 0 Å². The van der Waals surface area contributed by atoms with Gasteiger partial charge in [0.2, 0.25) is 0 Å². The molecule has 0 aliphatic heterocycles. The minimum absolute atomic E-state index is 0.0102. The number of hydrogen-bond donors (Lipinski definition) is 1. The van der Waals surface area contributed by atoms with Gasteiger partial charge in [-0.25, -0.2) is 4.98 Å². The molecule has 1 heterocycles. The Morgan fingerprint density at radius 2 is 2.12 bits per heavy atom. The third-order valence-corrected chi connectivity index (χ3v) is 3.37. The predicted molar refractivity (Wildman–Crippen MR) is 69.8 cm³/mol. The van der Waals surface area contributed by atoms with E-state index in [1.54, 1.807) is 0 Å². The van der Waals surface area contributed by atoms with Crippen LogP contribution in [0.2, 0.25) is 0 Å². The average molecular weight is 229 g/mol. The van der Waals surface area contributed by atoms with Crippen molar-refractivity contribution in [3.8, 4) is 0 Å². The molecule has 3 nitrogen and oxygen atoms in total. The molecule has 2 aromatic rings. The minimum Gasteiger partial charge on any atom is -0.338 e. The van der Waals surface area contributed by atoms with E-state index in [4.69, 9.17) is 5.73 Å². The molecule has 1 unspecified atom stereocenters. The topological polar surface area (TPSA) is 43.8 Å². The molecule has 0 aliphatic rings. The molecule has 0 aliphatic carbocycles. The lowest BCUT2D eigenvalue weighted by Crippen LogP contribution is -2.17. The number of nitrogens with two attached hydrogens (primary N) is 1. The fourth-order valence-electron chi connectivity index (χ4n) is 2.08. The summed E-state index contributed by atoms with van der Waals surface area (Å²) in [6.45, 7) is 4.25. The number of imidazole rings is 1. The molecule has 0 bridgehead atoms. The van der Waals surface area contributed by atoms with Crippen molar-refractivity contribution in [3.05, 3.63) is 53.1 Å². The van der Waals surface area contributed by atoms with Gasteiger partial charge in [-0.2, -0.15) is 0 Å². The van der Waals surface area contributed by atoms with Gasteiger partial charge >= 0.3 is 0 Å². The summed E-state index contributed by atoms with van der Waals surface area (Å²) in [5, 5.41) is 0. The molecule has 0 amide bonds. The lowest BCUT2D eigenvalue weighted by atomic mass is 9.96. The van der Waals surface area contributed by atoms with Crippen molar-refractivity contribution in [2.75, 3.05) is 0 Å². The third kappa shape index (κ3) is 2.39. The van der Waals surface area contributed by atoms with Gasteiger partial charge in [-0.05, 0) is 30.5 Å². The first-order valence-electron chi connectivity index (χ1n) is 5.87. The van der Waals surface area contributed by atoms with E-state index in [0.717, 1.165) is 12.2 Å². The summed E-state index contributed by atoms with van der Waals surface area (Å²) in [5.74, 6) is 1.03. The quantitative estimate of drug-likeness (QED) is 0.877. The van der Waals surface area contributed by atoms with E-state index in [1.807, 2.05) is 24.0 Å². The standard InChI is InChI=1S/C14H19N3/c1-10-5-4-6-12(11(10)2)13(15)9-14-16-7-8-17(14)3/h4-8,13H,9,15H2,1-3H3. The van der Waals surface area contributed by atoms with Gasteiger partial charge in [0.25, 0.3) is 0 Å². The maximum Gasteiger partial charge on any atom is 0.110 e. The highest BCUT2D eigenvalue weighted by Gasteiger charge is 2.12. The average Bonchev–Trinajstić information content (AvgIpc) is 2.68. The monoisotopic (exact) mass is 229 g/mol. The van der Waals surface area contributed by atoms with Gasteiger partial charge in [0.05, 0.1) is 0 Å². The van der Waals surface area contributed by atoms with Crippen molar-refractivity contribution in [1.82, 2.24) is 9.55 Å². The molecule has 2 rings (SSSR count). The Morgan fingerprint density at radius 1 is 1.35 bits per heavy atom. The summed E-state index contributed by atoms with van der Waals surface area (Å²) in [5.41, 5.74) is 10.1. The largest absolute Gasteiger partial charge is 0.338 e. The molecule has 0 saturated heterocycles. The molecule has 2 N–H and O–H groups in total. The summed E-state index contributed by atoms with van der Waals surface area (Å²) < 4.78 is 2.02. The summed E-state index contributed by atoms with van der Waals surface area (Å²) in [7, 11) is 2.00. The van der Waals surface area contributed by atoms with Crippen LogP contribution in [-0.2, 0) is 13.5 Å². The Labute approximate surface area is 102 Å². The highest BCUT2D eigenvalue weighted by atomic mass is 15.0. The van der Waals surface area contributed by atoms with Crippen molar-refractivity contribution in [3.63, 3.8) is 0 Å². The summed E-state index contributed by atoms with van der Waals surface area (Å²) in [6, 6.07) is 6.30. The van der Waals surface area contributed by atoms with Gasteiger partial charge in [-0.1, -0.05) is 18.2 Å². The second-order valence-electron chi connectivity index (χ2n) is 4.55. The molecule has 17 heavy (non-hydrogen) atoms. The molecule has 0 fully saturated rings. The molecular weight excluding hydrogens is 210 g/mol. The minimum atomic E-state index is 0.0102. The van der Waals surface area contributed by atoms with Gasteiger partial charge in [0.15, 0.2) is 0 Å². The Hall–Kier alpha value is -1.61.